The Hall–Kier alpha value is -2.93. The molecule has 148 valence electrons. The van der Waals surface area contributed by atoms with Crippen LogP contribution in [0.15, 0.2) is 51.2 Å². The van der Waals surface area contributed by atoms with Crippen molar-refractivity contribution in [1.82, 2.24) is 14.1 Å². The van der Waals surface area contributed by atoms with Gasteiger partial charge in [-0.15, -0.1) is 0 Å². The monoisotopic (exact) mass is 409 g/mol. The van der Waals surface area contributed by atoms with Crippen LogP contribution >= 0.6 is 11.6 Å². The second kappa shape index (κ2) is 7.15. The molecule has 2 heterocycles. The van der Waals surface area contributed by atoms with Gasteiger partial charge in [-0.2, -0.15) is 5.10 Å². The zero-order valence-corrected chi connectivity index (χ0v) is 16.5. The summed E-state index contributed by atoms with van der Waals surface area (Å²) in [4.78, 5) is 29.7. The molecule has 1 N–H and O–H groups in total. The van der Waals surface area contributed by atoms with Gasteiger partial charge in [0, 0.05) is 40.8 Å². The third kappa shape index (κ3) is 3.70. The minimum absolute atomic E-state index is 0.0472. The Bertz CT molecular complexity index is 1240. The maximum atomic E-state index is 12.9. The van der Waals surface area contributed by atoms with E-state index in [0.29, 0.717) is 23.3 Å². The lowest BCUT2D eigenvalue weighted by atomic mass is 10.1. The van der Waals surface area contributed by atoms with E-state index in [1.165, 1.54) is 10.6 Å². The first-order chi connectivity index (χ1) is 14.1. The van der Waals surface area contributed by atoms with Gasteiger partial charge >= 0.3 is 5.69 Å². The van der Waals surface area contributed by atoms with Crippen LogP contribution in [-0.2, 0) is 6.54 Å². The van der Waals surface area contributed by atoms with Crippen molar-refractivity contribution in [2.45, 2.75) is 38.3 Å². The van der Waals surface area contributed by atoms with Crippen molar-refractivity contribution in [2.75, 3.05) is 5.43 Å². The number of benzene rings is 1. The molecule has 0 amide bonds. The van der Waals surface area contributed by atoms with Crippen molar-refractivity contribution >= 4 is 34.5 Å². The Morgan fingerprint density at radius 3 is 2.76 bits per heavy atom. The number of halogens is 1. The molecule has 29 heavy (non-hydrogen) atoms. The number of fused-ring (bicyclic) bond motifs is 1. The fourth-order valence-corrected chi connectivity index (χ4v) is 3.68. The summed E-state index contributed by atoms with van der Waals surface area (Å²) in [6.45, 7) is 0.609. The number of nitrogens with one attached hydrogen (secondary N) is 1. The van der Waals surface area contributed by atoms with E-state index in [2.05, 4.69) is 15.5 Å². The zero-order chi connectivity index (χ0) is 20.0. The predicted molar refractivity (Wildman–Crippen MR) is 114 cm³/mol. The van der Waals surface area contributed by atoms with Gasteiger partial charge in [0.2, 0.25) is 0 Å². The highest BCUT2D eigenvalue weighted by atomic mass is 35.5. The quantitative estimate of drug-likeness (QED) is 0.499. The molecule has 1 aromatic carbocycles. The predicted octanol–water partition coefficient (Wildman–Crippen LogP) is 3.40. The van der Waals surface area contributed by atoms with E-state index in [4.69, 9.17) is 11.6 Å². The van der Waals surface area contributed by atoms with Crippen LogP contribution in [0, 0.1) is 5.92 Å². The average Bonchev–Trinajstić information content (AvgIpc) is 3.60. The van der Waals surface area contributed by atoms with Gasteiger partial charge in [0.1, 0.15) is 5.82 Å². The lowest BCUT2D eigenvalue weighted by molar-refractivity contribution is 0.537. The van der Waals surface area contributed by atoms with Crippen LogP contribution in [-0.4, -0.2) is 20.3 Å². The van der Waals surface area contributed by atoms with Gasteiger partial charge in [-0.25, -0.2) is 4.79 Å². The number of anilines is 1. The van der Waals surface area contributed by atoms with Crippen LogP contribution in [0.2, 0.25) is 5.02 Å². The molecule has 0 atom stereocenters. The second-order valence-electron chi connectivity index (χ2n) is 7.74. The fourth-order valence-electron chi connectivity index (χ4n) is 3.51. The van der Waals surface area contributed by atoms with Crippen molar-refractivity contribution in [3.8, 4) is 0 Å². The van der Waals surface area contributed by atoms with E-state index in [1.807, 2.05) is 18.2 Å². The van der Waals surface area contributed by atoms with E-state index in [9.17, 15) is 9.59 Å². The molecule has 0 saturated heterocycles. The van der Waals surface area contributed by atoms with Crippen LogP contribution < -0.4 is 16.7 Å². The Labute approximate surface area is 171 Å². The minimum Gasteiger partial charge on any atom is -0.278 e. The summed E-state index contributed by atoms with van der Waals surface area (Å²) in [5.74, 6) is 0.921. The Morgan fingerprint density at radius 1 is 1.17 bits per heavy atom. The number of aromatic nitrogens is 3. The summed E-state index contributed by atoms with van der Waals surface area (Å²) in [7, 11) is 0. The molecule has 2 saturated carbocycles. The number of hydrogen-bond acceptors (Lipinski definition) is 5. The van der Waals surface area contributed by atoms with Crippen molar-refractivity contribution in [1.29, 1.82) is 0 Å². The Balaban J connectivity index is 1.48. The molecule has 0 unspecified atom stereocenters. The van der Waals surface area contributed by atoms with E-state index in [0.717, 1.165) is 42.1 Å². The third-order valence-corrected chi connectivity index (χ3v) is 5.63. The molecule has 2 fully saturated rings. The van der Waals surface area contributed by atoms with E-state index in [1.54, 1.807) is 23.0 Å². The van der Waals surface area contributed by atoms with Crippen LogP contribution in [0.25, 0.3) is 10.9 Å². The highest BCUT2D eigenvalue weighted by Gasteiger charge is 2.30. The van der Waals surface area contributed by atoms with Crippen LogP contribution in [0.1, 0.15) is 37.3 Å². The average molecular weight is 410 g/mol. The normalized spacial score (nSPS) is 16.6. The lowest BCUT2D eigenvalue weighted by Gasteiger charge is -2.14. The van der Waals surface area contributed by atoms with Crippen LogP contribution in [0.5, 0.6) is 0 Å². The van der Waals surface area contributed by atoms with Gasteiger partial charge in [0.25, 0.3) is 5.56 Å². The Morgan fingerprint density at radius 2 is 2.00 bits per heavy atom. The van der Waals surface area contributed by atoms with Gasteiger partial charge in [-0.05, 0) is 55.9 Å². The molecular weight excluding hydrogens is 390 g/mol. The number of nitrogens with zero attached hydrogens (tertiary/aromatic N) is 4. The maximum Gasteiger partial charge on any atom is 0.332 e. The first-order valence-electron chi connectivity index (χ1n) is 9.80. The highest BCUT2D eigenvalue weighted by Crippen LogP contribution is 2.33. The second-order valence-corrected chi connectivity index (χ2v) is 8.17. The number of rotatable bonds is 6. The summed E-state index contributed by atoms with van der Waals surface area (Å²) >= 11 is 6.11. The smallest absolute Gasteiger partial charge is 0.278 e. The van der Waals surface area contributed by atoms with E-state index >= 15 is 0 Å². The van der Waals surface area contributed by atoms with Gasteiger partial charge in [-0.3, -0.25) is 24.3 Å². The summed E-state index contributed by atoms with van der Waals surface area (Å²) in [6.07, 6.45) is 7.36. The zero-order valence-electron chi connectivity index (χ0n) is 15.7. The van der Waals surface area contributed by atoms with Gasteiger partial charge in [0.15, 0.2) is 0 Å². The summed E-state index contributed by atoms with van der Waals surface area (Å²) in [6, 6.07) is 8.85. The maximum absolute atomic E-state index is 12.9. The van der Waals surface area contributed by atoms with E-state index in [-0.39, 0.29) is 17.3 Å². The van der Waals surface area contributed by atoms with Crippen LogP contribution in [0.3, 0.4) is 0 Å². The molecule has 2 aliphatic rings. The molecule has 0 radical (unpaired) electrons. The molecule has 2 aliphatic carbocycles. The van der Waals surface area contributed by atoms with Gasteiger partial charge < -0.3 is 0 Å². The molecule has 5 rings (SSSR count). The first-order valence-corrected chi connectivity index (χ1v) is 10.2. The fraction of sp³-hybridized carbons (Fsp3) is 0.333. The third-order valence-electron chi connectivity index (χ3n) is 5.40. The molecule has 3 aromatic rings. The largest absolute Gasteiger partial charge is 0.332 e. The van der Waals surface area contributed by atoms with Crippen LogP contribution in [0.4, 0.5) is 5.82 Å². The standard InChI is InChI=1S/C21H20ClN5O2/c22-15-3-6-18-17(9-15)14(7-8-23-18)11-24-25-19-10-20(28)27(16-4-5-16)21(29)26(19)12-13-1-2-13/h3,6-11,13,16,25H,1-2,4-5,12H2/b24-11+. The molecular formula is C21H20ClN5O2. The molecule has 0 bridgehead atoms. The molecule has 2 aromatic heterocycles. The van der Waals surface area contributed by atoms with Crippen molar-refractivity contribution in [3.63, 3.8) is 0 Å². The number of pyridine rings is 1. The van der Waals surface area contributed by atoms with Crippen molar-refractivity contribution in [3.05, 3.63) is 68.0 Å². The summed E-state index contributed by atoms with van der Waals surface area (Å²) < 4.78 is 3.03. The van der Waals surface area contributed by atoms with Crippen molar-refractivity contribution in [2.24, 2.45) is 11.0 Å². The van der Waals surface area contributed by atoms with E-state index < -0.39 is 0 Å². The number of hydrogen-bond donors (Lipinski definition) is 1. The Kier molecular flexibility index (Phi) is 4.47. The molecule has 0 spiro atoms. The molecule has 0 aliphatic heterocycles. The van der Waals surface area contributed by atoms with Crippen molar-refractivity contribution < 1.29 is 0 Å². The molecule has 8 heteroatoms. The van der Waals surface area contributed by atoms with Gasteiger partial charge in [-0.1, -0.05) is 11.6 Å². The lowest BCUT2D eigenvalue weighted by Crippen LogP contribution is -2.40. The van der Waals surface area contributed by atoms with Gasteiger partial charge in [0.05, 0.1) is 11.7 Å². The summed E-state index contributed by atoms with van der Waals surface area (Å²) in [5, 5.41) is 5.80. The molecule has 7 nitrogen and oxygen atoms in total. The highest BCUT2D eigenvalue weighted by molar-refractivity contribution is 6.31. The number of hydrazone groups is 1. The topological polar surface area (TPSA) is 81.3 Å². The minimum atomic E-state index is -0.275. The SMILES string of the molecule is O=c1cc(N/N=C/c2ccnc3ccc(Cl)cc23)n(CC2CC2)c(=O)n1C1CC1. The summed E-state index contributed by atoms with van der Waals surface area (Å²) in [5.41, 5.74) is 4.04. The first kappa shape index (κ1) is 18.1.